The molecule has 0 bridgehead atoms. The first-order valence-electron chi connectivity index (χ1n) is 13.3. The number of amides is 1. The minimum atomic E-state index is -3.70. The third-order valence-electron chi connectivity index (χ3n) is 6.89. The van der Waals surface area contributed by atoms with Gasteiger partial charge in [-0.25, -0.2) is 13.1 Å². The van der Waals surface area contributed by atoms with Crippen molar-refractivity contribution < 1.29 is 23.1 Å². The zero-order valence-electron chi connectivity index (χ0n) is 23.0. The summed E-state index contributed by atoms with van der Waals surface area (Å²) in [4.78, 5) is 12.7. The molecule has 0 radical (unpaired) electrons. The average Bonchev–Trinajstić information content (AvgIpc) is 2.91. The molecular weight excluding hydrogens is 585 g/mol. The monoisotopic (exact) mass is 623 g/mol. The summed E-state index contributed by atoms with van der Waals surface area (Å²) < 4.78 is 31.6. The van der Waals surface area contributed by atoms with Crippen LogP contribution < -0.4 is 20.5 Å². The van der Waals surface area contributed by atoms with E-state index in [1.807, 2.05) is 35.1 Å². The standard InChI is InChI=1S/C30H37N3O5S.2ClH/c1-39(36,37)33-30(35)27-16-13-24(19-29(27)38-26-5-3-2-4-6-26)22-9-7-21(8-10-22)17-18-32-20-28(34)23-11-14-25(31)15-12-23;;/h7-16,19,26,28,32,34H,2-6,17-18,20,31H2,1H3,(H,33,35);2*1H/t28-;;/m1../s1. The van der Waals surface area contributed by atoms with Crippen LogP contribution in [0.4, 0.5) is 5.69 Å². The van der Waals surface area contributed by atoms with E-state index < -0.39 is 22.0 Å². The second-order valence-electron chi connectivity index (χ2n) is 10.1. The van der Waals surface area contributed by atoms with E-state index >= 15 is 0 Å². The number of hydrogen-bond acceptors (Lipinski definition) is 7. The highest BCUT2D eigenvalue weighted by Gasteiger charge is 2.21. The Bertz CT molecular complexity index is 1360. The van der Waals surface area contributed by atoms with Crippen molar-refractivity contribution in [3.63, 3.8) is 0 Å². The molecule has 3 aromatic carbocycles. The van der Waals surface area contributed by atoms with Crippen molar-refractivity contribution in [1.82, 2.24) is 10.0 Å². The zero-order valence-corrected chi connectivity index (χ0v) is 25.5. The van der Waals surface area contributed by atoms with E-state index in [4.69, 9.17) is 10.5 Å². The molecular formula is C30H39Cl2N3O5S. The Hall–Kier alpha value is -2.82. The van der Waals surface area contributed by atoms with Gasteiger partial charge in [0, 0.05) is 12.2 Å². The van der Waals surface area contributed by atoms with E-state index in [2.05, 4.69) is 17.4 Å². The van der Waals surface area contributed by atoms with Crippen LogP contribution in [0.5, 0.6) is 5.75 Å². The molecule has 1 atom stereocenters. The summed E-state index contributed by atoms with van der Waals surface area (Å²) in [5.74, 6) is -0.298. The molecule has 0 spiro atoms. The molecule has 1 fully saturated rings. The highest BCUT2D eigenvalue weighted by molar-refractivity contribution is 7.89. The molecule has 1 amide bonds. The lowest BCUT2D eigenvalue weighted by molar-refractivity contribution is 0.0969. The molecule has 0 heterocycles. The lowest BCUT2D eigenvalue weighted by atomic mass is 9.97. The van der Waals surface area contributed by atoms with E-state index in [0.29, 0.717) is 18.0 Å². The number of nitrogen functional groups attached to an aromatic ring is 1. The van der Waals surface area contributed by atoms with Gasteiger partial charge in [0.1, 0.15) is 5.75 Å². The largest absolute Gasteiger partial charge is 0.490 e. The van der Waals surface area contributed by atoms with E-state index in [9.17, 15) is 18.3 Å². The van der Waals surface area contributed by atoms with Gasteiger partial charge >= 0.3 is 0 Å². The maximum Gasteiger partial charge on any atom is 0.268 e. The van der Waals surface area contributed by atoms with Crippen LogP contribution in [-0.2, 0) is 16.4 Å². The molecule has 0 unspecified atom stereocenters. The first-order valence-corrected chi connectivity index (χ1v) is 15.2. The number of nitrogens with one attached hydrogen (secondary N) is 2. The molecule has 224 valence electrons. The minimum Gasteiger partial charge on any atom is -0.490 e. The molecule has 41 heavy (non-hydrogen) atoms. The van der Waals surface area contributed by atoms with Gasteiger partial charge in [0.25, 0.3) is 5.91 Å². The molecule has 1 aliphatic rings. The Morgan fingerprint density at radius 3 is 2.24 bits per heavy atom. The summed E-state index contributed by atoms with van der Waals surface area (Å²) in [6.45, 7) is 1.17. The highest BCUT2D eigenvalue weighted by atomic mass is 35.5. The van der Waals surface area contributed by atoms with Gasteiger partial charge in [0.05, 0.1) is 24.0 Å². The fraction of sp³-hybridized carbons (Fsp3) is 0.367. The summed E-state index contributed by atoms with van der Waals surface area (Å²) in [6, 6.07) is 20.6. The van der Waals surface area contributed by atoms with Crippen molar-refractivity contribution in [3.05, 3.63) is 83.4 Å². The third kappa shape index (κ3) is 10.5. The van der Waals surface area contributed by atoms with Gasteiger partial charge in [-0.15, -0.1) is 24.8 Å². The second-order valence-corrected chi connectivity index (χ2v) is 11.9. The Kier molecular flexibility index (Phi) is 13.4. The first-order chi connectivity index (χ1) is 18.7. The summed E-state index contributed by atoms with van der Waals surface area (Å²) in [5, 5.41) is 13.6. The van der Waals surface area contributed by atoms with Crippen LogP contribution in [0.3, 0.4) is 0 Å². The molecule has 1 aliphatic carbocycles. The topological polar surface area (TPSA) is 131 Å². The van der Waals surface area contributed by atoms with Crippen LogP contribution in [0.15, 0.2) is 66.7 Å². The maximum absolute atomic E-state index is 12.7. The Balaban J connectivity index is 0.00000294. The van der Waals surface area contributed by atoms with E-state index in [1.165, 1.54) is 6.42 Å². The van der Waals surface area contributed by atoms with Crippen molar-refractivity contribution in [1.29, 1.82) is 0 Å². The SMILES string of the molecule is CS(=O)(=O)NC(=O)c1ccc(-c2ccc(CCNC[C@@H](O)c3ccc(N)cc3)cc2)cc1OC1CCCCC1.Cl.Cl. The maximum atomic E-state index is 12.7. The number of anilines is 1. The van der Waals surface area contributed by atoms with Crippen molar-refractivity contribution >= 4 is 46.4 Å². The number of sulfonamides is 1. The number of aliphatic hydroxyl groups is 1. The van der Waals surface area contributed by atoms with Crippen LogP contribution >= 0.6 is 24.8 Å². The molecule has 3 aromatic rings. The van der Waals surface area contributed by atoms with Gasteiger partial charge in [0.15, 0.2) is 0 Å². The fourth-order valence-electron chi connectivity index (χ4n) is 4.74. The summed E-state index contributed by atoms with van der Waals surface area (Å²) >= 11 is 0. The molecule has 0 aromatic heterocycles. The molecule has 0 saturated heterocycles. The van der Waals surface area contributed by atoms with Crippen LogP contribution in [0.1, 0.15) is 59.7 Å². The number of halogens is 2. The number of hydrogen-bond donors (Lipinski definition) is 4. The smallest absolute Gasteiger partial charge is 0.268 e. The van der Waals surface area contributed by atoms with Gasteiger partial charge in [-0.1, -0.05) is 48.9 Å². The molecule has 1 saturated carbocycles. The summed E-state index contributed by atoms with van der Waals surface area (Å²) in [7, 11) is -3.70. The number of ether oxygens (including phenoxy) is 1. The number of rotatable bonds is 11. The number of carbonyl (C=O) groups excluding carboxylic acids is 1. The quantitative estimate of drug-likeness (QED) is 0.174. The van der Waals surface area contributed by atoms with Crippen molar-refractivity contribution in [2.75, 3.05) is 25.1 Å². The Morgan fingerprint density at radius 2 is 1.61 bits per heavy atom. The first kappa shape index (κ1) is 34.4. The van der Waals surface area contributed by atoms with Gasteiger partial charge < -0.3 is 20.9 Å². The van der Waals surface area contributed by atoms with Crippen LogP contribution in [0, 0.1) is 0 Å². The Morgan fingerprint density at radius 1 is 0.976 bits per heavy atom. The van der Waals surface area contributed by atoms with Crippen molar-refractivity contribution in [2.24, 2.45) is 0 Å². The molecule has 4 rings (SSSR count). The van der Waals surface area contributed by atoms with Crippen LogP contribution in [0.2, 0.25) is 0 Å². The van der Waals surface area contributed by atoms with Gasteiger partial charge in [-0.3, -0.25) is 4.79 Å². The van der Waals surface area contributed by atoms with E-state index in [-0.39, 0.29) is 36.5 Å². The average molecular weight is 625 g/mol. The molecule has 11 heteroatoms. The van der Waals surface area contributed by atoms with Crippen molar-refractivity contribution in [2.45, 2.75) is 50.7 Å². The van der Waals surface area contributed by atoms with Gasteiger partial charge in [-0.2, -0.15) is 0 Å². The molecule has 8 nitrogen and oxygen atoms in total. The lowest BCUT2D eigenvalue weighted by Crippen LogP contribution is -2.30. The van der Waals surface area contributed by atoms with E-state index in [0.717, 1.165) is 67.2 Å². The third-order valence-corrected chi connectivity index (χ3v) is 7.44. The number of aliphatic hydroxyl groups excluding tert-OH is 1. The van der Waals surface area contributed by atoms with Gasteiger partial charge in [0.2, 0.25) is 10.0 Å². The van der Waals surface area contributed by atoms with Crippen LogP contribution in [0.25, 0.3) is 11.1 Å². The Labute approximate surface area is 254 Å². The lowest BCUT2D eigenvalue weighted by Gasteiger charge is -2.24. The molecule has 5 N–H and O–H groups in total. The zero-order chi connectivity index (χ0) is 27.8. The van der Waals surface area contributed by atoms with E-state index in [1.54, 1.807) is 24.3 Å². The number of carbonyl (C=O) groups is 1. The number of benzene rings is 3. The molecule has 0 aliphatic heterocycles. The second kappa shape index (κ2) is 16.0. The number of nitrogens with two attached hydrogens (primary N) is 1. The predicted molar refractivity (Wildman–Crippen MR) is 169 cm³/mol. The summed E-state index contributed by atoms with van der Waals surface area (Å²) in [5.41, 5.74) is 10.4. The minimum absolute atomic E-state index is 0. The highest BCUT2D eigenvalue weighted by Crippen LogP contribution is 2.31. The normalized spacial score (nSPS) is 14.3. The van der Waals surface area contributed by atoms with Crippen molar-refractivity contribution in [3.8, 4) is 16.9 Å². The van der Waals surface area contributed by atoms with Gasteiger partial charge in [-0.05, 0) is 85.2 Å². The van der Waals surface area contributed by atoms with Crippen LogP contribution in [-0.4, -0.2) is 44.9 Å². The fourth-order valence-corrected chi connectivity index (χ4v) is 5.19. The predicted octanol–water partition coefficient (Wildman–Crippen LogP) is 5.05. The summed E-state index contributed by atoms with van der Waals surface area (Å²) in [6.07, 6.45) is 6.32.